The van der Waals surface area contributed by atoms with Gasteiger partial charge in [0.05, 0.1) is 0 Å². The van der Waals surface area contributed by atoms with Crippen molar-refractivity contribution in [2.75, 3.05) is 5.73 Å². The second-order valence-electron chi connectivity index (χ2n) is 3.89. The molecule has 0 aliphatic carbocycles. The average Bonchev–Trinajstić information content (AvgIpc) is 2.31. The molecule has 1 aromatic carbocycles. The van der Waals surface area contributed by atoms with E-state index < -0.39 is 0 Å². The highest BCUT2D eigenvalue weighted by Gasteiger charge is 2.07. The molecule has 2 aromatic rings. The van der Waals surface area contributed by atoms with Crippen LogP contribution in [0, 0.1) is 6.92 Å². The second kappa shape index (κ2) is 5.18. The van der Waals surface area contributed by atoms with Gasteiger partial charge >= 0.3 is 0 Å². The zero-order valence-electron chi connectivity index (χ0n) is 10.2. The molecule has 0 bridgehead atoms. The smallest absolute Gasteiger partial charge is 0.192 e. The van der Waals surface area contributed by atoms with Gasteiger partial charge in [-0.15, -0.1) is 0 Å². The first-order valence-electron chi connectivity index (χ1n) is 5.44. The van der Waals surface area contributed by atoms with Gasteiger partial charge in [0.15, 0.2) is 10.9 Å². The number of aryl methyl sites for hydroxylation is 1. The molecule has 0 unspecified atom stereocenters. The van der Waals surface area contributed by atoms with Crippen LogP contribution < -0.4 is 5.73 Å². The minimum Gasteiger partial charge on any atom is -0.398 e. The van der Waals surface area contributed by atoms with Crippen LogP contribution in [0.3, 0.4) is 0 Å². The fourth-order valence-corrected chi connectivity index (χ4v) is 2.31. The quantitative estimate of drug-likeness (QED) is 0.521. The lowest BCUT2D eigenvalue weighted by atomic mass is 10.1. The van der Waals surface area contributed by atoms with E-state index in [4.69, 9.17) is 5.73 Å². The molecule has 4 nitrogen and oxygen atoms in total. The van der Waals surface area contributed by atoms with Crippen LogP contribution >= 0.6 is 11.8 Å². The predicted molar refractivity (Wildman–Crippen MR) is 71.8 cm³/mol. The van der Waals surface area contributed by atoms with Crippen molar-refractivity contribution in [1.82, 2.24) is 9.97 Å². The van der Waals surface area contributed by atoms with Gasteiger partial charge < -0.3 is 5.73 Å². The molecule has 1 heterocycles. The van der Waals surface area contributed by atoms with E-state index in [9.17, 15) is 4.79 Å². The first-order chi connectivity index (χ1) is 8.56. The highest BCUT2D eigenvalue weighted by Crippen LogP contribution is 2.27. The number of benzene rings is 1. The van der Waals surface area contributed by atoms with Crippen LogP contribution in [0.5, 0.6) is 0 Å². The Bertz CT molecular complexity index is 599. The Morgan fingerprint density at radius 3 is 2.78 bits per heavy atom. The van der Waals surface area contributed by atoms with Gasteiger partial charge in [-0.05, 0) is 49.9 Å². The molecule has 0 amide bonds. The van der Waals surface area contributed by atoms with Crippen molar-refractivity contribution in [3.63, 3.8) is 0 Å². The lowest BCUT2D eigenvalue weighted by molar-refractivity contribution is 0.101. The Balaban J connectivity index is 2.30. The minimum atomic E-state index is -0.0416. The molecule has 0 radical (unpaired) electrons. The Labute approximate surface area is 110 Å². The largest absolute Gasteiger partial charge is 0.398 e. The van der Waals surface area contributed by atoms with Gasteiger partial charge in [0.2, 0.25) is 0 Å². The number of hydrogen-bond acceptors (Lipinski definition) is 5. The van der Waals surface area contributed by atoms with Crippen LogP contribution in [0.1, 0.15) is 23.0 Å². The summed E-state index contributed by atoms with van der Waals surface area (Å²) in [7, 11) is 0. The first kappa shape index (κ1) is 12.6. The monoisotopic (exact) mass is 259 g/mol. The summed E-state index contributed by atoms with van der Waals surface area (Å²) in [6.07, 6.45) is 1.72. The molecular weight excluding hydrogens is 246 g/mol. The zero-order valence-corrected chi connectivity index (χ0v) is 11.0. The van der Waals surface area contributed by atoms with Crippen molar-refractivity contribution in [1.29, 1.82) is 0 Å². The maximum atomic E-state index is 11.4. The van der Waals surface area contributed by atoms with Gasteiger partial charge in [0.1, 0.15) is 0 Å². The van der Waals surface area contributed by atoms with Crippen LogP contribution in [0.2, 0.25) is 0 Å². The number of ketones is 1. The van der Waals surface area contributed by atoms with Crippen molar-refractivity contribution >= 4 is 23.2 Å². The minimum absolute atomic E-state index is 0.0416. The second-order valence-corrected chi connectivity index (χ2v) is 4.93. The fraction of sp³-hybridized carbons (Fsp3) is 0.154. The van der Waals surface area contributed by atoms with E-state index in [2.05, 4.69) is 9.97 Å². The van der Waals surface area contributed by atoms with Crippen LogP contribution in [0.4, 0.5) is 5.69 Å². The number of nitrogens with two attached hydrogens (primary N) is 1. The standard InChI is InChI=1S/C13H13N3OS/c1-8-5-6-15-13(16-8)18-10-3-4-12(14)11(7-10)9(2)17/h3-7H,14H2,1-2H3. The van der Waals surface area contributed by atoms with Gasteiger partial charge in [-0.1, -0.05) is 0 Å². The molecule has 0 aliphatic rings. The van der Waals surface area contributed by atoms with E-state index in [1.54, 1.807) is 18.3 Å². The molecule has 18 heavy (non-hydrogen) atoms. The fourth-order valence-electron chi connectivity index (χ4n) is 1.48. The number of rotatable bonds is 3. The summed E-state index contributed by atoms with van der Waals surface area (Å²) in [6, 6.07) is 7.20. The van der Waals surface area contributed by atoms with Crippen LogP contribution in [-0.2, 0) is 0 Å². The maximum absolute atomic E-state index is 11.4. The molecule has 0 fully saturated rings. The summed E-state index contributed by atoms with van der Waals surface area (Å²) in [6.45, 7) is 3.42. The lowest BCUT2D eigenvalue weighted by Gasteiger charge is -2.05. The van der Waals surface area contributed by atoms with Crippen LogP contribution in [0.25, 0.3) is 0 Å². The normalized spacial score (nSPS) is 10.3. The van der Waals surface area contributed by atoms with Crippen molar-refractivity contribution < 1.29 is 4.79 Å². The van der Waals surface area contributed by atoms with E-state index in [-0.39, 0.29) is 5.78 Å². The number of hydrogen-bond donors (Lipinski definition) is 1. The van der Waals surface area contributed by atoms with Crippen LogP contribution in [0.15, 0.2) is 40.5 Å². The molecule has 1 aromatic heterocycles. The Morgan fingerprint density at radius 2 is 2.11 bits per heavy atom. The van der Waals surface area contributed by atoms with Gasteiger partial charge in [-0.2, -0.15) is 0 Å². The average molecular weight is 259 g/mol. The number of Topliss-reactive ketones (excluding diaryl/α,β-unsaturated/α-hetero) is 1. The number of nitrogen functional groups attached to an aromatic ring is 1. The summed E-state index contributed by atoms with van der Waals surface area (Å²) in [4.78, 5) is 20.8. The number of carbonyl (C=O) groups excluding carboxylic acids is 1. The van der Waals surface area contributed by atoms with E-state index in [1.165, 1.54) is 18.7 Å². The summed E-state index contributed by atoms with van der Waals surface area (Å²) < 4.78 is 0. The SMILES string of the molecule is CC(=O)c1cc(Sc2nccc(C)n2)ccc1N. The van der Waals surface area contributed by atoms with E-state index >= 15 is 0 Å². The third-order valence-corrected chi connectivity index (χ3v) is 3.25. The molecular formula is C13H13N3OS. The van der Waals surface area contributed by atoms with E-state index in [0.29, 0.717) is 16.4 Å². The molecule has 2 rings (SSSR count). The van der Waals surface area contributed by atoms with Crippen LogP contribution in [-0.4, -0.2) is 15.8 Å². The van der Waals surface area contributed by atoms with Crippen molar-refractivity contribution in [2.24, 2.45) is 0 Å². The molecule has 0 atom stereocenters. The van der Waals surface area contributed by atoms with Gasteiger partial charge in [0.25, 0.3) is 0 Å². The number of carbonyl (C=O) groups is 1. The summed E-state index contributed by atoms with van der Waals surface area (Å²) in [5.74, 6) is -0.0416. The molecule has 0 aliphatic heterocycles. The number of anilines is 1. The van der Waals surface area contributed by atoms with Crippen molar-refractivity contribution in [3.05, 3.63) is 41.7 Å². The third kappa shape index (κ3) is 2.87. The topological polar surface area (TPSA) is 68.9 Å². The molecule has 2 N–H and O–H groups in total. The summed E-state index contributed by atoms with van der Waals surface area (Å²) >= 11 is 1.41. The first-order valence-corrected chi connectivity index (χ1v) is 6.26. The van der Waals surface area contributed by atoms with E-state index in [1.807, 2.05) is 19.1 Å². The highest BCUT2D eigenvalue weighted by atomic mass is 32.2. The molecule has 5 heteroatoms. The predicted octanol–water partition coefficient (Wildman–Crippen LogP) is 2.72. The molecule has 92 valence electrons. The van der Waals surface area contributed by atoms with Crippen molar-refractivity contribution in [2.45, 2.75) is 23.9 Å². The maximum Gasteiger partial charge on any atom is 0.192 e. The van der Waals surface area contributed by atoms with Gasteiger partial charge in [0, 0.05) is 28.0 Å². The summed E-state index contributed by atoms with van der Waals surface area (Å²) in [5, 5.41) is 0.661. The Hall–Kier alpha value is -1.88. The Kier molecular flexibility index (Phi) is 3.62. The summed E-state index contributed by atoms with van der Waals surface area (Å²) in [5.41, 5.74) is 7.69. The zero-order chi connectivity index (χ0) is 13.1. The third-order valence-electron chi connectivity index (χ3n) is 2.39. The molecule has 0 saturated heterocycles. The molecule has 0 spiro atoms. The lowest BCUT2D eigenvalue weighted by Crippen LogP contribution is -1.99. The molecule has 0 saturated carbocycles. The highest BCUT2D eigenvalue weighted by molar-refractivity contribution is 7.99. The van der Waals surface area contributed by atoms with Gasteiger partial charge in [-0.25, -0.2) is 9.97 Å². The number of aromatic nitrogens is 2. The van der Waals surface area contributed by atoms with Gasteiger partial charge in [-0.3, -0.25) is 4.79 Å². The van der Waals surface area contributed by atoms with E-state index in [0.717, 1.165) is 10.6 Å². The Morgan fingerprint density at radius 1 is 1.33 bits per heavy atom. The number of nitrogens with zero attached hydrogens (tertiary/aromatic N) is 2. The van der Waals surface area contributed by atoms with Crippen molar-refractivity contribution in [3.8, 4) is 0 Å².